The van der Waals surface area contributed by atoms with E-state index in [1.165, 1.54) is 12.1 Å². The molecule has 0 unspecified atom stereocenters. The number of carboxylic acids is 1. The number of hydrogen-bond donors (Lipinski definition) is 1. The van der Waals surface area contributed by atoms with E-state index in [0.717, 1.165) is 54.0 Å². The number of aromatic nitrogens is 1. The van der Waals surface area contributed by atoms with Gasteiger partial charge in [-0.05, 0) is 101 Å². The lowest BCUT2D eigenvalue weighted by molar-refractivity contribution is -0.160. The Morgan fingerprint density at radius 1 is 1.06 bits per heavy atom. The summed E-state index contributed by atoms with van der Waals surface area (Å²) in [5.74, 6) is -0.597. The van der Waals surface area contributed by atoms with Gasteiger partial charge in [0.25, 0.3) is 0 Å². The van der Waals surface area contributed by atoms with Gasteiger partial charge in [-0.1, -0.05) is 44.2 Å². The molecule has 47 heavy (non-hydrogen) atoms. The van der Waals surface area contributed by atoms with Gasteiger partial charge >= 0.3 is 5.97 Å². The first-order chi connectivity index (χ1) is 22.1. The number of anilines is 1. The predicted octanol–water partition coefficient (Wildman–Crippen LogP) is 8.82. The first kappa shape index (κ1) is 36.1. The normalized spacial score (nSPS) is 15.7. The number of nitrogens with zero attached hydrogens (tertiary/aromatic N) is 2. The largest absolute Gasteiger partial charge is 0.493 e. The van der Waals surface area contributed by atoms with Crippen LogP contribution >= 0.6 is 0 Å². The molecule has 7 nitrogen and oxygen atoms in total. The van der Waals surface area contributed by atoms with Crippen molar-refractivity contribution in [1.29, 1.82) is 0 Å². The van der Waals surface area contributed by atoms with Crippen LogP contribution in [-0.2, 0) is 20.7 Å². The van der Waals surface area contributed by atoms with Crippen LogP contribution in [0.5, 0.6) is 5.75 Å². The second-order valence-corrected chi connectivity index (χ2v) is 14.4. The smallest absolute Gasteiger partial charge is 0.337 e. The highest BCUT2D eigenvalue weighted by Crippen LogP contribution is 2.45. The van der Waals surface area contributed by atoms with E-state index in [1.807, 2.05) is 78.0 Å². The molecule has 3 aromatic rings. The van der Waals surface area contributed by atoms with E-state index in [9.17, 15) is 14.3 Å². The van der Waals surface area contributed by atoms with Crippen LogP contribution < -0.4 is 9.64 Å². The molecule has 2 aromatic carbocycles. The summed E-state index contributed by atoms with van der Waals surface area (Å²) in [6, 6.07) is 14.3. The Kier molecular flexibility index (Phi) is 11.9. The molecule has 1 aromatic heterocycles. The number of benzene rings is 2. The zero-order chi connectivity index (χ0) is 34.4. The Labute approximate surface area is 279 Å². The fraction of sp³-hybridized carbons (Fsp3) is 0.487. The molecule has 0 saturated carbocycles. The number of rotatable bonds is 13. The average molecular weight is 647 g/mol. The molecule has 1 aliphatic rings. The van der Waals surface area contributed by atoms with E-state index in [2.05, 4.69) is 18.7 Å². The Morgan fingerprint density at radius 3 is 2.28 bits per heavy atom. The van der Waals surface area contributed by atoms with E-state index in [-0.39, 0.29) is 17.3 Å². The second-order valence-electron chi connectivity index (χ2n) is 14.4. The number of halogens is 1. The number of hydrogen-bond acceptors (Lipinski definition) is 6. The monoisotopic (exact) mass is 646 g/mol. The zero-order valence-electron chi connectivity index (χ0n) is 29.2. The van der Waals surface area contributed by atoms with Crippen molar-refractivity contribution in [2.75, 3.05) is 31.2 Å². The molecule has 1 N–H and O–H groups in total. The van der Waals surface area contributed by atoms with Gasteiger partial charge in [0.15, 0.2) is 6.10 Å². The molecule has 8 heteroatoms. The zero-order valence-corrected chi connectivity index (χ0v) is 29.2. The molecule has 0 aliphatic carbocycles. The van der Waals surface area contributed by atoms with Gasteiger partial charge in [0.1, 0.15) is 11.6 Å². The molecule has 4 rings (SSSR count). The Hall–Kier alpha value is -3.75. The maximum Gasteiger partial charge on any atom is 0.337 e. The minimum atomic E-state index is -1.21. The van der Waals surface area contributed by atoms with Gasteiger partial charge in [0, 0.05) is 36.3 Å². The summed E-state index contributed by atoms with van der Waals surface area (Å²) in [5, 5.41) is 10.6. The summed E-state index contributed by atoms with van der Waals surface area (Å²) in [6.45, 7) is 18.5. The molecule has 0 bridgehead atoms. The van der Waals surface area contributed by atoms with Crippen molar-refractivity contribution in [3.8, 4) is 16.9 Å². The molecule has 254 valence electrons. The third-order valence-electron chi connectivity index (χ3n) is 8.33. The van der Waals surface area contributed by atoms with E-state index < -0.39 is 17.7 Å². The summed E-state index contributed by atoms with van der Waals surface area (Å²) < 4.78 is 31.4. The van der Waals surface area contributed by atoms with Gasteiger partial charge in [-0.2, -0.15) is 0 Å². The molecule has 1 fully saturated rings. The van der Waals surface area contributed by atoms with Crippen LogP contribution in [0.15, 0.2) is 54.6 Å². The van der Waals surface area contributed by atoms with Crippen molar-refractivity contribution < 1.29 is 28.5 Å². The Balaban J connectivity index is 1.82. The molecule has 0 amide bonds. The van der Waals surface area contributed by atoms with Crippen molar-refractivity contribution in [3.63, 3.8) is 0 Å². The van der Waals surface area contributed by atoms with Gasteiger partial charge in [0.05, 0.1) is 36.3 Å². The SMILES string of the molecule is Cc1nc(/C=C/COC(C)C)c(-c2ccc(OCCc3ccc(F)cc3)cc2)c(N2CCC(C)(C)CC2)c1[C@H](OC(C)(C)C)C(=O)O. The minimum Gasteiger partial charge on any atom is -0.493 e. The summed E-state index contributed by atoms with van der Waals surface area (Å²) in [5.41, 5.74) is 5.03. The van der Waals surface area contributed by atoms with Gasteiger partial charge < -0.3 is 24.2 Å². The first-order valence-corrected chi connectivity index (χ1v) is 16.6. The molecular formula is C39H51FN2O5. The lowest BCUT2D eigenvalue weighted by Gasteiger charge is -2.41. The van der Waals surface area contributed by atoms with Crippen LogP contribution in [-0.4, -0.2) is 54.1 Å². The summed E-state index contributed by atoms with van der Waals surface area (Å²) >= 11 is 0. The number of aryl methyl sites for hydroxylation is 1. The topological polar surface area (TPSA) is 81.1 Å². The second kappa shape index (κ2) is 15.4. The molecule has 0 radical (unpaired) electrons. The summed E-state index contributed by atoms with van der Waals surface area (Å²) in [4.78, 5) is 20.2. The summed E-state index contributed by atoms with van der Waals surface area (Å²) in [6.07, 6.45) is 5.41. The third-order valence-corrected chi connectivity index (χ3v) is 8.33. The third kappa shape index (κ3) is 10.1. The minimum absolute atomic E-state index is 0.0879. The van der Waals surface area contributed by atoms with Crippen LogP contribution in [0, 0.1) is 18.2 Å². The fourth-order valence-corrected chi connectivity index (χ4v) is 5.76. The highest BCUT2D eigenvalue weighted by Gasteiger charge is 2.36. The van der Waals surface area contributed by atoms with Gasteiger partial charge in [0.2, 0.25) is 0 Å². The molecular weight excluding hydrogens is 595 g/mol. The highest BCUT2D eigenvalue weighted by molar-refractivity contribution is 5.90. The maximum absolute atomic E-state index is 13.3. The van der Waals surface area contributed by atoms with Gasteiger partial charge in [-0.25, -0.2) is 9.18 Å². The van der Waals surface area contributed by atoms with Crippen molar-refractivity contribution in [2.24, 2.45) is 5.41 Å². The van der Waals surface area contributed by atoms with Gasteiger partial charge in [-0.15, -0.1) is 0 Å². The fourth-order valence-electron chi connectivity index (χ4n) is 5.76. The molecule has 0 spiro atoms. The van der Waals surface area contributed by atoms with Crippen LogP contribution in [0.4, 0.5) is 10.1 Å². The maximum atomic E-state index is 13.3. The van der Waals surface area contributed by atoms with Crippen molar-refractivity contribution in [2.45, 2.75) is 92.5 Å². The number of piperidine rings is 1. The lowest BCUT2D eigenvalue weighted by atomic mass is 9.81. The van der Waals surface area contributed by atoms with Gasteiger partial charge in [-0.3, -0.25) is 4.98 Å². The molecule has 1 saturated heterocycles. The van der Waals surface area contributed by atoms with Crippen molar-refractivity contribution in [3.05, 3.63) is 82.9 Å². The van der Waals surface area contributed by atoms with E-state index >= 15 is 0 Å². The van der Waals surface area contributed by atoms with Crippen LogP contribution in [0.3, 0.4) is 0 Å². The highest BCUT2D eigenvalue weighted by atomic mass is 19.1. The molecule has 1 aliphatic heterocycles. The van der Waals surface area contributed by atoms with Crippen molar-refractivity contribution in [1.82, 2.24) is 4.98 Å². The molecule has 2 heterocycles. The quantitative estimate of drug-likeness (QED) is 0.199. The number of ether oxygens (including phenoxy) is 3. The summed E-state index contributed by atoms with van der Waals surface area (Å²) in [7, 11) is 0. The van der Waals surface area contributed by atoms with E-state index in [4.69, 9.17) is 19.2 Å². The number of aliphatic carboxylic acids is 1. The average Bonchev–Trinajstić information content (AvgIpc) is 2.99. The number of carboxylic acid groups (broad SMARTS) is 1. The van der Waals surface area contributed by atoms with Crippen LogP contribution in [0.25, 0.3) is 17.2 Å². The Morgan fingerprint density at radius 2 is 1.70 bits per heavy atom. The van der Waals surface area contributed by atoms with E-state index in [1.54, 1.807) is 12.1 Å². The lowest BCUT2D eigenvalue weighted by Crippen LogP contribution is -2.39. The predicted molar refractivity (Wildman–Crippen MR) is 187 cm³/mol. The number of pyridine rings is 1. The van der Waals surface area contributed by atoms with Crippen LogP contribution in [0.2, 0.25) is 0 Å². The van der Waals surface area contributed by atoms with E-state index in [0.29, 0.717) is 36.6 Å². The standard InChI is InChI=1S/C39H51FN2O5/c1-26(2)45-24-9-10-32-34(29-13-17-31(18-14-29)46-25-19-28-11-15-30(40)16-12-28)35(42-22-20-39(7,8)21-23-42)33(27(3)41-32)36(37(43)44)47-38(4,5)6/h9-18,26,36H,19-25H2,1-8H3,(H,43,44)/b10-9+/t36-/m0/s1. The first-order valence-electron chi connectivity index (χ1n) is 16.6. The number of carbonyl (C=O) groups is 1. The van der Waals surface area contributed by atoms with Crippen LogP contribution in [0.1, 0.15) is 89.9 Å². The van der Waals surface area contributed by atoms with Crippen molar-refractivity contribution >= 4 is 17.7 Å². The molecule has 1 atom stereocenters. The Bertz CT molecular complexity index is 1510.